The molecule has 0 unspecified atom stereocenters. The van der Waals surface area contributed by atoms with Crippen molar-refractivity contribution in [3.63, 3.8) is 0 Å². The summed E-state index contributed by atoms with van der Waals surface area (Å²) in [5.41, 5.74) is 6.11. The molecule has 5 nitrogen and oxygen atoms in total. The largest absolute Gasteiger partial charge is 0.340 e. The highest BCUT2D eigenvalue weighted by Crippen LogP contribution is 2.29. The lowest BCUT2D eigenvalue weighted by Crippen LogP contribution is -2.13. The maximum absolute atomic E-state index is 4.66. The molecule has 1 N–H and O–H groups in total. The Morgan fingerprint density at radius 1 is 1.09 bits per heavy atom. The van der Waals surface area contributed by atoms with Gasteiger partial charge in [0.1, 0.15) is 12.1 Å². The zero-order chi connectivity index (χ0) is 15.1. The molecule has 0 bridgehead atoms. The van der Waals surface area contributed by atoms with E-state index in [9.17, 15) is 0 Å². The van der Waals surface area contributed by atoms with Gasteiger partial charge in [-0.2, -0.15) is 14.6 Å². The normalized spacial score (nSPS) is 14.1. The average molecular weight is 293 g/mol. The number of rotatable bonds is 2. The average Bonchev–Trinajstić information content (AvgIpc) is 2.99. The van der Waals surface area contributed by atoms with Crippen molar-refractivity contribution < 1.29 is 0 Å². The van der Waals surface area contributed by atoms with Gasteiger partial charge in [0.05, 0.1) is 5.69 Å². The van der Waals surface area contributed by atoms with Crippen LogP contribution in [0.3, 0.4) is 0 Å². The summed E-state index contributed by atoms with van der Waals surface area (Å²) in [4.78, 5) is 8.92. The zero-order valence-corrected chi connectivity index (χ0v) is 12.9. The Morgan fingerprint density at radius 3 is 2.82 bits per heavy atom. The maximum atomic E-state index is 4.66. The van der Waals surface area contributed by atoms with Crippen molar-refractivity contribution >= 4 is 17.3 Å². The second-order valence-electron chi connectivity index (χ2n) is 5.99. The molecule has 4 rings (SSSR count). The second kappa shape index (κ2) is 5.09. The highest BCUT2D eigenvalue weighted by Gasteiger charge is 2.19. The standard InChI is InChI=1S/C17H19N5/c1-11-7-8-13(9-12(11)2)20-16-14-5-3-4-6-15(14)21-17-18-10-19-22(16)17/h7-10,20H,3-6H2,1-2H3. The Labute approximate surface area is 129 Å². The van der Waals surface area contributed by atoms with Gasteiger partial charge in [-0.1, -0.05) is 6.07 Å². The third kappa shape index (κ3) is 2.13. The fraction of sp³-hybridized carbons (Fsp3) is 0.353. The molecule has 5 heteroatoms. The van der Waals surface area contributed by atoms with Crippen LogP contribution in [0.15, 0.2) is 24.5 Å². The molecule has 0 spiro atoms. The van der Waals surface area contributed by atoms with Crippen LogP contribution in [0.1, 0.15) is 35.2 Å². The third-order valence-corrected chi connectivity index (χ3v) is 4.47. The highest BCUT2D eigenvalue weighted by molar-refractivity contribution is 5.64. The molecule has 1 aliphatic carbocycles. The maximum Gasteiger partial charge on any atom is 0.254 e. The fourth-order valence-electron chi connectivity index (χ4n) is 3.07. The number of benzene rings is 1. The van der Waals surface area contributed by atoms with Crippen molar-refractivity contribution in [3.8, 4) is 0 Å². The Hall–Kier alpha value is -2.43. The van der Waals surface area contributed by atoms with Gasteiger partial charge in [0, 0.05) is 11.3 Å². The summed E-state index contributed by atoms with van der Waals surface area (Å²) in [6.07, 6.45) is 6.05. The van der Waals surface area contributed by atoms with E-state index in [2.05, 4.69) is 52.4 Å². The van der Waals surface area contributed by atoms with Crippen LogP contribution < -0.4 is 5.32 Å². The first-order valence-electron chi connectivity index (χ1n) is 7.78. The van der Waals surface area contributed by atoms with Crippen LogP contribution in [0.2, 0.25) is 0 Å². The lowest BCUT2D eigenvalue weighted by atomic mass is 9.96. The molecule has 0 saturated carbocycles. The van der Waals surface area contributed by atoms with Gasteiger partial charge in [-0.25, -0.2) is 4.98 Å². The molecule has 1 aliphatic rings. The van der Waals surface area contributed by atoms with E-state index < -0.39 is 0 Å². The van der Waals surface area contributed by atoms with E-state index in [0.717, 1.165) is 30.0 Å². The Morgan fingerprint density at radius 2 is 1.95 bits per heavy atom. The van der Waals surface area contributed by atoms with Crippen LogP contribution in [0.25, 0.3) is 5.78 Å². The molecular formula is C17H19N5. The molecule has 112 valence electrons. The minimum Gasteiger partial charge on any atom is -0.340 e. The summed E-state index contributed by atoms with van der Waals surface area (Å²) in [7, 11) is 0. The summed E-state index contributed by atoms with van der Waals surface area (Å²) in [6, 6.07) is 6.43. The lowest BCUT2D eigenvalue weighted by molar-refractivity contribution is 0.662. The highest BCUT2D eigenvalue weighted by atomic mass is 15.4. The van der Waals surface area contributed by atoms with Crippen molar-refractivity contribution in [1.82, 2.24) is 19.6 Å². The summed E-state index contributed by atoms with van der Waals surface area (Å²) in [5, 5.41) is 7.89. The van der Waals surface area contributed by atoms with Crippen molar-refractivity contribution in [3.05, 3.63) is 46.9 Å². The molecule has 1 aromatic carbocycles. The van der Waals surface area contributed by atoms with Gasteiger partial charge in [-0.3, -0.25) is 0 Å². The monoisotopic (exact) mass is 293 g/mol. The molecule has 0 aliphatic heterocycles. The van der Waals surface area contributed by atoms with E-state index in [1.165, 1.54) is 29.5 Å². The third-order valence-electron chi connectivity index (χ3n) is 4.47. The van der Waals surface area contributed by atoms with Gasteiger partial charge in [0.2, 0.25) is 0 Å². The summed E-state index contributed by atoms with van der Waals surface area (Å²) in [5.74, 6) is 1.69. The van der Waals surface area contributed by atoms with Crippen LogP contribution >= 0.6 is 0 Å². The summed E-state index contributed by atoms with van der Waals surface area (Å²) < 4.78 is 1.82. The molecule has 22 heavy (non-hydrogen) atoms. The van der Waals surface area contributed by atoms with E-state index in [1.54, 1.807) is 6.33 Å². The number of aromatic nitrogens is 4. The van der Waals surface area contributed by atoms with Crippen molar-refractivity contribution in [1.29, 1.82) is 0 Å². The van der Waals surface area contributed by atoms with Gasteiger partial charge >= 0.3 is 0 Å². The van der Waals surface area contributed by atoms with Crippen molar-refractivity contribution in [2.75, 3.05) is 5.32 Å². The predicted molar refractivity (Wildman–Crippen MR) is 86.6 cm³/mol. The molecule has 3 aromatic rings. The molecule has 0 fully saturated rings. The van der Waals surface area contributed by atoms with Crippen molar-refractivity contribution in [2.45, 2.75) is 39.5 Å². The lowest BCUT2D eigenvalue weighted by Gasteiger charge is -2.20. The zero-order valence-electron chi connectivity index (χ0n) is 12.9. The van der Waals surface area contributed by atoms with Crippen LogP contribution in [0, 0.1) is 13.8 Å². The first-order chi connectivity index (χ1) is 10.7. The SMILES string of the molecule is Cc1ccc(Nc2c3c(nc4ncnn24)CCCC3)cc1C. The molecule has 2 heterocycles. The predicted octanol–water partition coefficient (Wildman–Crippen LogP) is 3.36. The van der Waals surface area contributed by atoms with Crippen LogP contribution in [-0.4, -0.2) is 19.6 Å². The quantitative estimate of drug-likeness (QED) is 0.787. The number of hydrogen-bond donors (Lipinski definition) is 1. The van der Waals surface area contributed by atoms with E-state index in [0.29, 0.717) is 5.78 Å². The Balaban J connectivity index is 1.85. The van der Waals surface area contributed by atoms with E-state index in [1.807, 2.05) is 4.52 Å². The topological polar surface area (TPSA) is 55.1 Å². The molecular weight excluding hydrogens is 274 g/mol. The van der Waals surface area contributed by atoms with E-state index in [4.69, 9.17) is 0 Å². The molecule has 0 atom stereocenters. The smallest absolute Gasteiger partial charge is 0.254 e. The van der Waals surface area contributed by atoms with Crippen LogP contribution in [-0.2, 0) is 12.8 Å². The van der Waals surface area contributed by atoms with Gasteiger partial charge in [0.25, 0.3) is 5.78 Å². The van der Waals surface area contributed by atoms with Gasteiger partial charge < -0.3 is 5.32 Å². The fourth-order valence-corrected chi connectivity index (χ4v) is 3.07. The first kappa shape index (κ1) is 13.2. The van der Waals surface area contributed by atoms with Gasteiger partial charge in [-0.05, 0) is 62.8 Å². The van der Waals surface area contributed by atoms with Gasteiger partial charge in [0.15, 0.2) is 0 Å². The molecule has 0 saturated heterocycles. The minimum atomic E-state index is 0.673. The van der Waals surface area contributed by atoms with Crippen molar-refractivity contribution in [2.24, 2.45) is 0 Å². The van der Waals surface area contributed by atoms with Gasteiger partial charge in [-0.15, -0.1) is 0 Å². The Kier molecular flexibility index (Phi) is 3.06. The molecule has 2 aromatic heterocycles. The number of hydrogen-bond acceptors (Lipinski definition) is 4. The Bertz CT molecular complexity index is 850. The summed E-state index contributed by atoms with van der Waals surface area (Å²) in [6.45, 7) is 4.26. The number of fused-ring (bicyclic) bond motifs is 2. The molecule has 0 radical (unpaired) electrons. The van der Waals surface area contributed by atoms with E-state index >= 15 is 0 Å². The number of aryl methyl sites for hydroxylation is 3. The number of nitrogens with one attached hydrogen (secondary N) is 1. The first-order valence-corrected chi connectivity index (χ1v) is 7.78. The summed E-state index contributed by atoms with van der Waals surface area (Å²) >= 11 is 0. The van der Waals surface area contributed by atoms with Crippen LogP contribution in [0.4, 0.5) is 11.5 Å². The van der Waals surface area contributed by atoms with Crippen LogP contribution in [0.5, 0.6) is 0 Å². The minimum absolute atomic E-state index is 0.673. The van der Waals surface area contributed by atoms with E-state index in [-0.39, 0.29) is 0 Å². The molecule has 0 amide bonds. The number of anilines is 2. The second-order valence-corrected chi connectivity index (χ2v) is 5.99. The number of nitrogens with zero attached hydrogens (tertiary/aromatic N) is 4.